The number of carbonyl (C=O) groups excluding carboxylic acids is 1. The summed E-state index contributed by atoms with van der Waals surface area (Å²) in [5, 5.41) is 21.2. The number of hydrogen-bond donors (Lipinski definition) is 3. The number of amides is 1. The summed E-state index contributed by atoms with van der Waals surface area (Å²) in [6.45, 7) is 0.628. The highest BCUT2D eigenvalue weighted by Gasteiger charge is 2.25. The number of aliphatic hydroxyl groups is 1. The molecule has 1 aromatic carbocycles. The van der Waals surface area contributed by atoms with Gasteiger partial charge in [-0.1, -0.05) is 30.1 Å². The molecule has 0 aromatic heterocycles. The summed E-state index contributed by atoms with van der Waals surface area (Å²) < 4.78 is 0. The first kappa shape index (κ1) is 15.3. The molecule has 1 aliphatic rings. The van der Waals surface area contributed by atoms with Gasteiger partial charge in [-0.05, 0) is 25.0 Å². The third kappa shape index (κ3) is 3.52. The highest BCUT2D eigenvalue weighted by Crippen LogP contribution is 2.19. The predicted molar refractivity (Wildman–Crippen MR) is 79.3 cm³/mol. The minimum atomic E-state index is -0.132. The van der Waals surface area contributed by atoms with Crippen molar-refractivity contribution < 1.29 is 15.1 Å². The van der Waals surface area contributed by atoms with Gasteiger partial charge < -0.3 is 20.9 Å². The third-order valence-corrected chi connectivity index (χ3v) is 3.86. The molecule has 6 heteroatoms. The largest absolute Gasteiger partial charge is 0.409 e. The highest BCUT2D eigenvalue weighted by atomic mass is 16.4. The number of carbonyl (C=O) groups is 1. The Balaban J connectivity index is 2.25. The molecular formula is C15H21N3O3. The van der Waals surface area contributed by atoms with Crippen molar-refractivity contribution in [3.63, 3.8) is 0 Å². The minimum Gasteiger partial charge on any atom is -0.409 e. The molecule has 1 amide bonds. The number of oxime groups is 1. The Kier molecular flexibility index (Phi) is 5.16. The maximum absolute atomic E-state index is 12.7. The van der Waals surface area contributed by atoms with Crippen molar-refractivity contribution >= 4 is 11.7 Å². The fraction of sp³-hybridized carbons (Fsp3) is 0.467. The Morgan fingerprint density at radius 1 is 1.33 bits per heavy atom. The van der Waals surface area contributed by atoms with Crippen LogP contribution in [-0.2, 0) is 0 Å². The first-order chi connectivity index (χ1) is 10.2. The van der Waals surface area contributed by atoms with E-state index in [1.807, 2.05) is 0 Å². The van der Waals surface area contributed by atoms with Crippen LogP contribution in [0.1, 0.15) is 41.6 Å². The zero-order chi connectivity index (χ0) is 15.2. The molecule has 1 fully saturated rings. The molecule has 0 saturated carbocycles. The molecule has 4 N–H and O–H groups in total. The van der Waals surface area contributed by atoms with E-state index in [-0.39, 0.29) is 24.4 Å². The summed E-state index contributed by atoms with van der Waals surface area (Å²) in [4.78, 5) is 14.4. The van der Waals surface area contributed by atoms with Gasteiger partial charge in [0.1, 0.15) is 0 Å². The molecule has 21 heavy (non-hydrogen) atoms. The molecule has 1 aliphatic heterocycles. The number of amidine groups is 1. The number of aliphatic hydroxyl groups excluding tert-OH is 1. The van der Waals surface area contributed by atoms with Gasteiger partial charge in [-0.3, -0.25) is 4.79 Å². The van der Waals surface area contributed by atoms with Crippen LogP contribution >= 0.6 is 0 Å². The Morgan fingerprint density at radius 3 is 2.81 bits per heavy atom. The zero-order valence-electron chi connectivity index (χ0n) is 11.9. The number of hydrogen-bond acceptors (Lipinski definition) is 4. The molecule has 1 saturated heterocycles. The fourth-order valence-electron chi connectivity index (χ4n) is 2.67. The van der Waals surface area contributed by atoms with Gasteiger partial charge in [-0.2, -0.15) is 0 Å². The first-order valence-electron chi connectivity index (χ1n) is 7.17. The van der Waals surface area contributed by atoms with E-state index in [1.54, 1.807) is 29.2 Å². The van der Waals surface area contributed by atoms with Crippen LogP contribution in [0.25, 0.3) is 0 Å². The van der Waals surface area contributed by atoms with Crippen LogP contribution in [0.15, 0.2) is 29.4 Å². The van der Waals surface area contributed by atoms with Gasteiger partial charge in [-0.25, -0.2) is 0 Å². The van der Waals surface area contributed by atoms with Crippen molar-refractivity contribution in [2.75, 3.05) is 13.2 Å². The summed E-state index contributed by atoms with van der Waals surface area (Å²) in [6, 6.07) is 6.56. The number of nitrogens with zero attached hydrogens (tertiary/aromatic N) is 2. The molecule has 1 heterocycles. The molecule has 2 rings (SSSR count). The van der Waals surface area contributed by atoms with E-state index in [1.165, 1.54) is 0 Å². The van der Waals surface area contributed by atoms with Gasteiger partial charge in [-0.15, -0.1) is 0 Å². The molecule has 0 radical (unpaired) electrons. The molecule has 1 aromatic rings. The van der Waals surface area contributed by atoms with E-state index in [2.05, 4.69) is 5.16 Å². The molecule has 0 aliphatic carbocycles. The van der Waals surface area contributed by atoms with Crippen LogP contribution in [-0.4, -0.2) is 46.1 Å². The summed E-state index contributed by atoms with van der Waals surface area (Å²) in [7, 11) is 0. The van der Waals surface area contributed by atoms with Crippen molar-refractivity contribution in [1.82, 2.24) is 4.90 Å². The summed E-state index contributed by atoms with van der Waals surface area (Å²) in [6.07, 6.45) is 3.87. The van der Waals surface area contributed by atoms with Crippen molar-refractivity contribution in [1.29, 1.82) is 0 Å². The van der Waals surface area contributed by atoms with Gasteiger partial charge in [0.15, 0.2) is 5.84 Å². The topological polar surface area (TPSA) is 99.2 Å². The number of benzene rings is 1. The van der Waals surface area contributed by atoms with Crippen molar-refractivity contribution in [2.45, 2.75) is 31.7 Å². The Labute approximate surface area is 123 Å². The molecule has 0 bridgehead atoms. The molecule has 0 spiro atoms. The van der Waals surface area contributed by atoms with Crippen LogP contribution in [0, 0.1) is 0 Å². The Bertz CT molecular complexity index is 531. The van der Waals surface area contributed by atoms with Gasteiger partial charge in [0.2, 0.25) is 0 Å². The van der Waals surface area contributed by atoms with Crippen LogP contribution in [0.4, 0.5) is 0 Å². The molecule has 1 atom stereocenters. The van der Waals surface area contributed by atoms with Crippen LogP contribution in [0.3, 0.4) is 0 Å². The second kappa shape index (κ2) is 7.08. The lowest BCUT2D eigenvalue weighted by molar-refractivity contribution is 0.0600. The highest BCUT2D eigenvalue weighted by molar-refractivity contribution is 6.01. The predicted octanol–water partition coefficient (Wildman–Crippen LogP) is 1.16. The van der Waals surface area contributed by atoms with Crippen LogP contribution in [0.5, 0.6) is 0 Å². The Morgan fingerprint density at radius 2 is 2.10 bits per heavy atom. The standard InChI is InChI=1S/C15H21N3O3/c16-14(17-21)11-5-4-6-12(9-11)15(20)18-8-3-1-2-7-13(18)10-19/h4-6,9,13,19,21H,1-3,7-8,10H2,(H2,16,17). The second-order valence-corrected chi connectivity index (χ2v) is 5.25. The van der Waals surface area contributed by atoms with Crippen molar-refractivity contribution in [3.05, 3.63) is 35.4 Å². The average Bonchev–Trinajstić information content (AvgIpc) is 2.78. The SMILES string of the molecule is N/C(=N/O)c1cccc(C(=O)N2CCCCCC2CO)c1. The minimum absolute atomic E-state index is 0.0222. The van der Waals surface area contributed by atoms with E-state index >= 15 is 0 Å². The number of likely N-dealkylation sites (tertiary alicyclic amines) is 1. The summed E-state index contributed by atoms with van der Waals surface area (Å²) in [5.41, 5.74) is 6.54. The van der Waals surface area contributed by atoms with Gasteiger partial charge in [0.25, 0.3) is 5.91 Å². The molecule has 6 nitrogen and oxygen atoms in total. The second-order valence-electron chi connectivity index (χ2n) is 5.25. The van der Waals surface area contributed by atoms with Gasteiger partial charge in [0.05, 0.1) is 12.6 Å². The first-order valence-corrected chi connectivity index (χ1v) is 7.17. The van der Waals surface area contributed by atoms with E-state index in [9.17, 15) is 9.90 Å². The molecule has 114 valence electrons. The van der Waals surface area contributed by atoms with E-state index in [4.69, 9.17) is 10.9 Å². The normalized spacial score (nSPS) is 20.1. The van der Waals surface area contributed by atoms with Crippen LogP contribution in [0.2, 0.25) is 0 Å². The number of nitrogens with two attached hydrogens (primary N) is 1. The van der Waals surface area contributed by atoms with E-state index in [0.717, 1.165) is 25.7 Å². The maximum atomic E-state index is 12.7. The molecular weight excluding hydrogens is 270 g/mol. The zero-order valence-corrected chi connectivity index (χ0v) is 11.9. The average molecular weight is 291 g/mol. The number of rotatable bonds is 3. The monoisotopic (exact) mass is 291 g/mol. The van der Waals surface area contributed by atoms with E-state index < -0.39 is 0 Å². The summed E-state index contributed by atoms with van der Waals surface area (Å²) >= 11 is 0. The third-order valence-electron chi connectivity index (χ3n) is 3.86. The lowest BCUT2D eigenvalue weighted by Crippen LogP contribution is -2.42. The summed E-state index contributed by atoms with van der Waals surface area (Å²) in [5.74, 6) is -0.150. The lowest BCUT2D eigenvalue weighted by atomic mass is 10.1. The van der Waals surface area contributed by atoms with Crippen LogP contribution < -0.4 is 5.73 Å². The fourth-order valence-corrected chi connectivity index (χ4v) is 2.67. The smallest absolute Gasteiger partial charge is 0.254 e. The van der Waals surface area contributed by atoms with E-state index in [0.29, 0.717) is 17.7 Å². The van der Waals surface area contributed by atoms with Crippen molar-refractivity contribution in [2.24, 2.45) is 10.9 Å². The quantitative estimate of drug-likeness (QED) is 0.337. The van der Waals surface area contributed by atoms with Crippen molar-refractivity contribution in [3.8, 4) is 0 Å². The lowest BCUT2D eigenvalue weighted by Gasteiger charge is -2.28. The van der Waals surface area contributed by atoms with Gasteiger partial charge >= 0.3 is 0 Å². The molecule has 1 unspecified atom stereocenters. The maximum Gasteiger partial charge on any atom is 0.254 e. The van der Waals surface area contributed by atoms with Gasteiger partial charge in [0, 0.05) is 17.7 Å². The Hall–Kier alpha value is -2.08.